The first kappa shape index (κ1) is 14.6. The number of ether oxygens (including phenoxy) is 1. The predicted octanol–water partition coefficient (Wildman–Crippen LogP) is 3.75. The monoisotopic (exact) mass is 315 g/mol. The molecule has 1 aromatic carbocycles. The van der Waals surface area contributed by atoms with Crippen LogP contribution in [0.2, 0.25) is 10.0 Å². The van der Waals surface area contributed by atoms with Crippen molar-refractivity contribution in [2.75, 3.05) is 0 Å². The van der Waals surface area contributed by atoms with Crippen LogP contribution in [0.1, 0.15) is 11.4 Å². The van der Waals surface area contributed by atoms with Gasteiger partial charge in [-0.15, -0.1) is 0 Å². The summed E-state index contributed by atoms with van der Waals surface area (Å²) in [7, 11) is 0. The number of nitrogens with zero attached hydrogens (tertiary/aromatic N) is 3. The van der Waals surface area contributed by atoms with Gasteiger partial charge in [-0.2, -0.15) is 5.10 Å². The van der Waals surface area contributed by atoms with E-state index in [2.05, 4.69) is 5.10 Å². The molecule has 0 aliphatic heterocycles. The summed E-state index contributed by atoms with van der Waals surface area (Å²) in [4.78, 5) is 10.4. The molecule has 0 radical (unpaired) electrons. The van der Waals surface area contributed by atoms with E-state index in [0.717, 1.165) is 0 Å². The maximum Gasteiger partial charge on any atom is 0.312 e. The molecule has 0 saturated heterocycles. The zero-order valence-electron chi connectivity index (χ0n) is 10.8. The van der Waals surface area contributed by atoms with Crippen LogP contribution in [0.5, 0.6) is 5.75 Å². The largest absolute Gasteiger partial charge is 0.470 e. The van der Waals surface area contributed by atoms with Crippen molar-refractivity contribution in [1.29, 1.82) is 0 Å². The number of nitro groups is 1. The molecule has 0 spiro atoms. The standard InChI is InChI=1S/C12H11Cl2N3O3/c1-7-12(17(18)19)8(2)16(15-7)6-20-11-4-3-9(13)5-10(11)14/h3-5H,6H2,1-2H3. The van der Waals surface area contributed by atoms with E-state index < -0.39 is 4.92 Å². The first-order valence-electron chi connectivity index (χ1n) is 5.66. The van der Waals surface area contributed by atoms with E-state index in [1.54, 1.807) is 32.0 Å². The van der Waals surface area contributed by atoms with Gasteiger partial charge in [0, 0.05) is 5.02 Å². The summed E-state index contributed by atoms with van der Waals surface area (Å²) in [5.41, 5.74) is 0.770. The van der Waals surface area contributed by atoms with Crippen molar-refractivity contribution in [2.24, 2.45) is 0 Å². The van der Waals surface area contributed by atoms with Crippen molar-refractivity contribution in [1.82, 2.24) is 9.78 Å². The summed E-state index contributed by atoms with van der Waals surface area (Å²) in [5, 5.41) is 15.8. The van der Waals surface area contributed by atoms with Crippen LogP contribution in [0.25, 0.3) is 0 Å². The van der Waals surface area contributed by atoms with Crippen molar-refractivity contribution in [3.05, 3.63) is 49.7 Å². The Hall–Kier alpha value is -1.79. The van der Waals surface area contributed by atoms with Gasteiger partial charge >= 0.3 is 5.69 Å². The Bertz CT molecular complexity index is 670. The first-order chi connectivity index (χ1) is 9.40. The smallest absolute Gasteiger partial charge is 0.312 e. The second-order valence-corrected chi connectivity index (χ2v) is 4.97. The van der Waals surface area contributed by atoms with Gasteiger partial charge in [-0.1, -0.05) is 23.2 Å². The highest BCUT2D eigenvalue weighted by Crippen LogP contribution is 2.28. The van der Waals surface area contributed by atoms with Crippen LogP contribution >= 0.6 is 23.2 Å². The molecular formula is C12H11Cl2N3O3. The minimum absolute atomic E-state index is 0.00389. The van der Waals surface area contributed by atoms with Crippen molar-refractivity contribution in [3.63, 3.8) is 0 Å². The van der Waals surface area contributed by atoms with Gasteiger partial charge in [-0.05, 0) is 32.0 Å². The number of hydrogen-bond acceptors (Lipinski definition) is 4. The number of hydrogen-bond donors (Lipinski definition) is 0. The summed E-state index contributed by atoms with van der Waals surface area (Å²) in [6, 6.07) is 4.83. The van der Waals surface area contributed by atoms with Crippen molar-refractivity contribution in [3.8, 4) is 5.75 Å². The summed E-state index contributed by atoms with van der Waals surface area (Å²) >= 11 is 11.8. The van der Waals surface area contributed by atoms with Crippen LogP contribution in [0.4, 0.5) is 5.69 Å². The molecule has 1 aromatic heterocycles. The Balaban J connectivity index is 2.19. The molecule has 0 N–H and O–H groups in total. The lowest BCUT2D eigenvalue weighted by Gasteiger charge is -2.09. The lowest BCUT2D eigenvalue weighted by molar-refractivity contribution is -0.386. The average molecular weight is 316 g/mol. The molecule has 0 fully saturated rings. The number of halogens is 2. The minimum atomic E-state index is -0.455. The molecule has 1 heterocycles. The molecule has 106 valence electrons. The van der Waals surface area contributed by atoms with E-state index in [1.807, 2.05) is 0 Å². The molecule has 0 bridgehead atoms. The third-order valence-electron chi connectivity index (χ3n) is 2.76. The summed E-state index contributed by atoms with van der Waals surface area (Å²) in [5.74, 6) is 0.436. The van der Waals surface area contributed by atoms with Crippen LogP contribution in [-0.2, 0) is 6.73 Å². The zero-order chi connectivity index (χ0) is 14.9. The first-order valence-corrected chi connectivity index (χ1v) is 6.42. The van der Waals surface area contributed by atoms with E-state index in [4.69, 9.17) is 27.9 Å². The molecule has 8 heteroatoms. The molecule has 0 amide bonds. The highest BCUT2D eigenvalue weighted by molar-refractivity contribution is 6.35. The van der Waals surface area contributed by atoms with Gasteiger partial charge in [0.25, 0.3) is 0 Å². The Morgan fingerprint density at radius 1 is 1.40 bits per heavy atom. The highest BCUT2D eigenvalue weighted by atomic mass is 35.5. The molecule has 0 unspecified atom stereocenters. The van der Waals surface area contributed by atoms with Crippen LogP contribution in [-0.4, -0.2) is 14.7 Å². The van der Waals surface area contributed by atoms with Crippen molar-refractivity contribution >= 4 is 28.9 Å². The molecule has 2 rings (SSSR count). The van der Waals surface area contributed by atoms with Gasteiger partial charge in [-0.3, -0.25) is 10.1 Å². The van der Waals surface area contributed by atoms with Gasteiger partial charge < -0.3 is 4.74 Å². The van der Waals surface area contributed by atoms with E-state index in [0.29, 0.717) is 27.2 Å². The third kappa shape index (κ3) is 2.86. The van der Waals surface area contributed by atoms with Gasteiger partial charge in [0.1, 0.15) is 17.1 Å². The molecule has 0 saturated carbocycles. The number of benzene rings is 1. The maximum absolute atomic E-state index is 10.9. The quantitative estimate of drug-likeness (QED) is 0.636. The normalized spacial score (nSPS) is 10.6. The average Bonchev–Trinajstić information content (AvgIpc) is 2.63. The Labute approximate surface area is 125 Å². The summed E-state index contributed by atoms with van der Waals surface area (Å²) in [6.45, 7) is 3.23. The molecule has 0 atom stereocenters. The van der Waals surface area contributed by atoms with Crippen molar-refractivity contribution in [2.45, 2.75) is 20.6 Å². The van der Waals surface area contributed by atoms with Crippen LogP contribution in [0, 0.1) is 24.0 Å². The van der Waals surface area contributed by atoms with Gasteiger partial charge in [0.05, 0.1) is 9.95 Å². The lowest BCUT2D eigenvalue weighted by atomic mass is 10.3. The Morgan fingerprint density at radius 3 is 2.65 bits per heavy atom. The zero-order valence-corrected chi connectivity index (χ0v) is 12.3. The number of rotatable bonds is 4. The molecule has 2 aromatic rings. The van der Waals surface area contributed by atoms with E-state index >= 15 is 0 Å². The Kier molecular flexibility index (Phi) is 4.15. The fourth-order valence-electron chi connectivity index (χ4n) is 1.80. The molecule has 6 nitrogen and oxygen atoms in total. The van der Waals surface area contributed by atoms with Gasteiger partial charge in [-0.25, -0.2) is 4.68 Å². The fraction of sp³-hybridized carbons (Fsp3) is 0.250. The van der Waals surface area contributed by atoms with Gasteiger partial charge in [0.15, 0.2) is 6.73 Å². The second-order valence-electron chi connectivity index (χ2n) is 4.12. The van der Waals surface area contributed by atoms with Crippen LogP contribution in [0.3, 0.4) is 0 Å². The SMILES string of the molecule is Cc1nn(COc2ccc(Cl)cc2Cl)c(C)c1[N+](=O)[O-]. The fourth-order valence-corrected chi connectivity index (χ4v) is 2.26. The lowest BCUT2D eigenvalue weighted by Crippen LogP contribution is -2.09. The van der Waals surface area contributed by atoms with Crippen LogP contribution in [0.15, 0.2) is 18.2 Å². The summed E-state index contributed by atoms with van der Waals surface area (Å²) in [6.07, 6.45) is 0. The number of aryl methyl sites for hydroxylation is 1. The second kappa shape index (κ2) is 5.68. The maximum atomic E-state index is 10.9. The van der Waals surface area contributed by atoms with E-state index in [-0.39, 0.29) is 12.4 Å². The minimum Gasteiger partial charge on any atom is -0.470 e. The molecule has 0 aliphatic rings. The van der Waals surface area contributed by atoms with E-state index in [1.165, 1.54) is 4.68 Å². The van der Waals surface area contributed by atoms with Crippen LogP contribution < -0.4 is 4.74 Å². The highest BCUT2D eigenvalue weighted by Gasteiger charge is 2.21. The Morgan fingerprint density at radius 2 is 2.10 bits per heavy atom. The predicted molar refractivity (Wildman–Crippen MR) is 75.4 cm³/mol. The topological polar surface area (TPSA) is 70.2 Å². The van der Waals surface area contributed by atoms with Crippen molar-refractivity contribution < 1.29 is 9.66 Å². The number of aromatic nitrogens is 2. The third-order valence-corrected chi connectivity index (χ3v) is 3.29. The van der Waals surface area contributed by atoms with E-state index in [9.17, 15) is 10.1 Å². The van der Waals surface area contributed by atoms with Gasteiger partial charge in [0.2, 0.25) is 0 Å². The summed E-state index contributed by atoms with van der Waals surface area (Å²) < 4.78 is 6.91. The molecule has 20 heavy (non-hydrogen) atoms. The molecule has 0 aliphatic carbocycles. The molecular weight excluding hydrogens is 305 g/mol.